The minimum atomic E-state index is -0.0580. The number of likely N-dealkylation sites (tertiary alicyclic amines) is 1. The Morgan fingerprint density at radius 3 is 2.59 bits per heavy atom. The lowest BCUT2D eigenvalue weighted by molar-refractivity contribution is -0.135. The predicted molar refractivity (Wildman–Crippen MR) is 154 cm³/mol. The smallest absolute Gasteiger partial charge is 0.239 e. The molecule has 3 aromatic rings. The quantitative estimate of drug-likeness (QED) is 0.145. The Balaban J connectivity index is 0.000000265. The van der Waals surface area contributed by atoms with E-state index >= 15 is 0 Å². The molecule has 2 amide bonds. The number of furan rings is 1. The van der Waals surface area contributed by atoms with Gasteiger partial charge in [-0.1, -0.05) is 36.2 Å². The van der Waals surface area contributed by atoms with Crippen LogP contribution in [0.4, 0.5) is 5.69 Å². The second kappa shape index (κ2) is 16.2. The van der Waals surface area contributed by atoms with Crippen molar-refractivity contribution in [1.29, 1.82) is 5.26 Å². The summed E-state index contributed by atoms with van der Waals surface area (Å²) in [4.78, 5) is 29.4. The molecular formula is C30H36N6O3. The molecule has 0 bridgehead atoms. The molecule has 9 heteroatoms. The van der Waals surface area contributed by atoms with Crippen LogP contribution in [0.25, 0.3) is 11.0 Å². The van der Waals surface area contributed by atoms with Crippen LogP contribution in [0, 0.1) is 38.1 Å². The fourth-order valence-electron chi connectivity index (χ4n) is 3.99. The van der Waals surface area contributed by atoms with Gasteiger partial charge in [0.1, 0.15) is 11.3 Å². The van der Waals surface area contributed by atoms with Gasteiger partial charge in [-0.3, -0.25) is 14.9 Å². The molecule has 0 unspecified atom stereocenters. The van der Waals surface area contributed by atoms with Gasteiger partial charge in [-0.05, 0) is 62.9 Å². The van der Waals surface area contributed by atoms with Gasteiger partial charge >= 0.3 is 0 Å². The number of nitrogens with zero attached hydrogens (tertiary/aromatic N) is 3. The van der Waals surface area contributed by atoms with Crippen molar-refractivity contribution in [2.45, 2.75) is 46.0 Å². The maximum Gasteiger partial charge on any atom is 0.239 e. The first-order chi connectivity index (χ1) is 18.8. The maximum absolute atomic E-state index is 11.9. The minimum Gasteiger partial charge on any atom is -0.461 e. The van der Waals surface area contributed by atoms with Crippen LogP contribution in [0.15, 0.2) is 57.9 Å². The molecule has 1 saturated heterocycles. The Morgan fingerprint density at radius 1 is 1.13 bits per heavy atom. The lowest BCUT2D eigenvalue weighted by Gasteiger charge is -2.19. The fraction of sp³-hybridized carbons (Fsp3) is 0.333. The summed E-state index contributed by atoms with van der Waals surface area (Å²) >= 11 is 0. The Bertz CT molecular complexity index is 1320. The zero-order chi connectivity index (χ0) is 28.6. The Labute approximate surface area is 230 Å². The Hall–Kier alpha value is -4.76. The molecule has 39 heavy (non-hydrogen) atoms. The molecular weight excluding hydrogens is 492 g/mol. The lowest BCUT2D eigenvalue weighted by Crippen LogP contribution is -2.41. The third-order valence-electron chi connectivity index (χ3n) is 5.92. The number of amides is 2. The normalized spacial score (nSPS) is 13.2. The van der Waals surface area contributed by atoms with E-state index in [0.717, 1.165) is 42.4 Å². The summed E-state index contributed by atoms with van der Waals surface area (Å²) in [5.74, 6) is 0.972. The van der Waals surface area contributed by atoms with E-state index in [0.29, 0.717) is 25.2 Å². The minimum absolute atomic E-state index is 0.0580. The van der Waals surface area contributed by atoms with Crippen molar-refractivity contribution in [2.75, 3.05) is 19.6 Å². The number of carbonyl (C=O) groups is 2. The molecule has 9 nitrogen and oxygen atoms in total. The number of hydrogen-bond acceptors (Lipinski definition) is 5. The number of nitrogens with one attached hydrogen (secondary N) is 2. The zero-order valence-electron chi connectivity index (χ0n) is 22.6. The standard InChI is InChI=1S/C17H24N2O2.C11H10N4O.C2H2/c1-14-6-8-15(9-7-14)10-11-18-16(20)13-19-12-4-2-3-5-17(19)21;1-7-4-8-5-9(2-3-10(8)16-7)15-11(13)14-6-12;1-2/h6-9H,2-5,10-13H2,1H3,(H,18,20);2-5H,1H3,(H3,13,14,15);1-2H. The number of terminal acetylenes is 1. The molecule has 1 aliphatic heterocycles. The van der Waals surface area contributed by atoms with Gasteiger partial charge < -0.3 is 20.4 Å². The number of fused-ring (bicyclic) bond motifs is 1. The van der Waals surface area contributed by atoms with Gasteiger partial charge in [-0.2, -0.15) is 5.26 Å². The molecule has 1 aliphatic rings. The average molecular weight is 529 g/mol. The predicted octanol–water partition coefficient (Wildman–Crippen LogP) is 4.06. The van der Waals surface area contributed by atoms with E-state index in [4.69, 9.17) is 15.4 Å². The monoisotopic (exact) mass is 528 g/mol. The Kier molecular flexibility index (Phi) is 12.6. The van der Waals surface area contributed by atoms with Gasteiger partial charge in [0.05, 0.1) is 12.2 Å². The molecule has 0 saturated carbocycles. The zero-order valence-corrected chi connectivity index (χ0v) is 22.6. The molecule has 2 heterocycles. The first-order valence-corrected chi connectivity index (χ1v) is 12.8. The van der Waals surface area contributed by atoms with E-state index in [1.54, 1.807) is 17.2 Å². The molecule has 0 atom stereocenters. The van der Waals surface area contributed by atoms with Crippen molar-refractivity contribution in [3.05, 3.63) is 65.4 Å². The number of hydrogen-bond donors (Lipinski definition) is 3. The van der Waals surface area contributed by atoms with Crippen LogP contribution < -0.4 is 16.4 Å². The van der Waals surface area contributed by atoms with E-state index < -0.39 is 0 Å². The van der Waals surface area contributed by atoms with Crippen LogP contribution in [-0.4, -0.2) is 42.3 Å². The largest absolute Gasteiger partial charge is 0.461 e. The first-order valence-electron chi connectivity index (χ1n) is 12.8. The van der Waals surface area contributed by atoms with Crippen molar-refractivity contribution in [1.82, 2.24) is 15.5 Å². The van der Waals surface area contributed by atoms with Crippen molar-refractivity contribution < 1.29 is 14.0 Å². The summed E-state index contributed by atoms with van der Waals surface area (Å²) in [6, 6.07) is 15.7. The summed E-state index contributed by atoms with van der Waals surface area (Å²) in [5.41, 5.74) is 9.39. The number of aliphatic imine (C=N–C) groups is 1. The van der Waals surface area contributed by atoms with Gasteiger partial charge in [0.25, 0.3) is 0 Å². The van der Waals surface area contributed by atoms with Crippen LogP contribution in [0.2, 0.25) is 0 Å². The molecule has 0 radical (unpaired) electrons. The van der Waals surface area contributed by atoms with Crippen LogP contribution in [0.5, 0.6) is 0 Å². The number of nitrogens with two attached hydrogens (primary N) is 1. The summed E-state index contributed by atoms with van der Waals surface area (Å²) in [5, 5.41) is 14.5. The van der Waals surface area contributed by atoms with Crippen LogP contribution in [0.1, 0.15) is 42.6 Å². The molecule has 0 aliphatic carbocycles. The van der Waals surface area contributed by atoms with Crippen molar-refractivity contribution in [3.63, 3.8) is 0 Å². The average Bonchev–Trinajstić information content (AvgIpc) is 3.17. The Morgan fingerprint density at radius 2 is 1.87 bits per heavy atom. The van der Waals surface area contributed by atoms with Crippen molar-refractivity contribution in [3.8, 4) is 19.0 Å². The second-order valence-electron chi connectivity index (χ2n) is 9.02. The van der Waals surface area contributed by atoms with E-state index in [2.05, 4.69) is 59.7 Å². The van der Waals surface area contributed by atoms with Gasteiger partial charge in [-0.25, -0.2) is 4.99 Å². The van der Waals surface area contributed by atoms with Crippen LogP contribution in [0.3, 0.4) is 0 Å². The summed E-state index contributed by atoms with van der Waals surface area (Å²) in [6.45, 7) is 5.47. The van der Waals surface area contributed by atoms with E-state index in [1.165, 1.54) is 11.1 Å². The van der Waals surface area contributed by atoms with Crippen molar-refractivity contribution >= 4 is 34.4 Å². The summed E-state index contributed by atoms with van der Waals surface area (Å²) < 4.78 is 5.43. The molecule has 4 rings (SSSR count). The number of aryl methyl sites for hydroxylation is 2. The van der Waals surface area contributed by atoms with Gasteiger partial charge in [0, 0.05) is 24.9 Å². The van der Waals surface area contributed by atoms with E-state index in [9.17, 15) is 9.59 Å². The molecule has 1 aromatic heterocycles. The third kappa shape index (κ3) is 10.6. The van der Waals surface area contributed by atoms with Gasteiger partial charge in [0.15, 0.2) is 6.19 Å². The number of guanidine groups is 1. The number of carbonyl (C=O) groups excluding carboxylic acids is 2. The number of nitriles is 1. The first kappa shape index (κ1) is 30.5. The molecule has 4 N–H and O–H groups in total. The highest BCUT2D eigenvalue weighted by Gasteiger charge is 2.18. The molecule has 2 aromatic carbocycles. The van der Waals surface area contributed by atoms with Gasteiger partial charge in [0.2, 0.25) is 17.8 Å². The highest BCUT2D eigenvalue weighted by Crippen LogP contribution is 2.24. The number of benzene rings is 2. The highest BCUT2D eigenvalue weighted by atomic mass is 16.3. The highest BCUT2D eigenvalue weighted by molar-refractivity contribution is 5.86. The molecule has 1 fully saturated rings. The number of rotatable bonds is 6. The third-order valence-corrected chi connectivity index (χ3v) is 5.92. The second-order valence-corrected chi connectivity index (χ2v) is 9.02. The fourth-order valence-corrected chi connectivity index (χ4v) is 3.99. The maximum atomic E-state index is 11.9. The summed E-state index contributed by atoms with van der Waals surface area (Å²) in [6.07, 6.45) is 14.1. The van der Waals surface area contributed by atoms with Crippen LogP contribution >= 0.6 is 0 Å². The lowest BCUT2D eigenvalue weighted by atomic mass is 10.1. The topological polar surface area (TPSA) is 137 Å². The summed E-state index contributed by atoms with van der Waals surface area (Å²) in [7, 11) is 0. The van der Waals surface area contributed by atoms with E-state index in [-0.39, 0.29) is 24.3 Å². The SMILES string of the molecule is C#C.Cc1cc2cc(N=C(N)NC#N)ccc2o1.Cc1ccc(CCNC(=O)CN2CCCCCC2=O)cc1. The molecule has 0 spiro atoms. The van der Waals surface area contributed by atoms with E-state index in [1.807, 2.05) is 25.1 Å². The van der Waals surface area contributed by atoms with Gasteiger partial charge in [-0.15, -0.1) is 12.8 Å². The molecule has 204 valence electrons. The van der Waals surface area contributed by atoms with Crippen molar-refractivity contribution in [2.24, 2.45) is 10.7 Å². The van der Waals surface area contributed by atoms with Crippen LogP contribution in [-0.2, 0) is 16.0 Å².